The Balaban J connectivity index is 2.17. The normalized spacial score (nSPS) is 12.9. The van der Waals surface area contributed by atoms with Crippen molar-refractivity contribution in [3.8, 4) is 11.3 Å². The van der Waals surface area contributed by atoms with Crippen molar-refractivity contribution in [2.45, 2.75) is 59.9 Å². The van der Waals surface area contributed by atoms with Crippen molar-refractivity contribution in [2.75, 3.05) is 6.67 Å². The zero-order valence-electron chi connectivity index (χ0n) is 16.6. The molecule has 3 aromatic heterocycles. The molecule has 0 N–H and O–H groups in total. The molecule has 0 bridgehead atoms. The molecule has 0 unspecified atom stereocenters. The SMILES string of the molecule is CC[C@@H](CF)n1cc(C)c2nc(-c3ccc(C(C)C)nc3C)c(C)cc21. The van der Waals surface area contributed by atoms with Gasteiger partial charge in [0.2, 0.25) is 0 Å². The highest BCUT2D eigenvalue weighted by atomic mass is 19.1. The summed E-state index contributed by atoms with van der Waals surface area (Å²) in [5.74, 6) is 0.405. The van der Waals surface area contributed by atoms with E-state index in [-0.39, 0.29) is 12.7 Å². The van der Waals surface area contributed by atoms with Gasteiger partial charge in [-0.2, -0.15) is 0 Å². The monoisotopic (exact) mass is 353 g/mol. The molecule has 0 aliphatic rings. The molecule has 0 spiro atoms. The highest BCUT2D eigenvalue weighted by molar-refractivity contribution is 5.84. The van der Waals surface area contributed by atoms with Gasteiger partial charge >= 0.3 is 0 Å². The number of halogens is 1. The van der Waals surface area contributed by atoms with E-state index in [1.807, 2.05) is 31.5 Å². The van der Waals surface area contributed by atoms with Gasteiger partial charge in [0.05, 0.1) is 22.8 Å². The maximum Gasteiger partial charge on any atom is 0.110 e. The van der Waals surface area contributed by atoms with E-state index in [2.05, 4.69) is 39.0 Å². The molecule has 1 atom stereocenters. The molecule has 0 aromatic carbocycles. The predicted molar refractivity (Wildman–Crippen MR) is 107 cm³/mol. The van der Waals surface area contributed by atoms with Gasteiger partial charge in [0.1, 0.15) is 6.67 Å². The average Bonchev–Trinajstić information content (AvgIpc) is 2.91. The number of hydrogen-bond acceptors (Lipinski definition) is 2. The van der Waals surface area contributed by atoms with Crippen LogP contribution in [0.15, 0.2) is 24.4 Å². The molecule has 3 rings (SSSR count). The van der Waals surface area contributed by atoms with Crippen molar-refractivity contribution < 1.29 is 4.39 Å². The molecule has 0 aliphatic carbocycles. The fourth-order valence-corrected chi connectivity index (χ4v) is 3.53. The van der Waals surface area contributed by atoms with E-state index in [0.717, 1.165) is 51.2 Å². The molecule has 138 valence electrons. The predicted octanol–water partition coefficient (Wildman–Crippen LogP) is 6.07. The van der Waals surface area contributed by atoms with E-state index in [1.165, 1.54) is 0 Å². The lowest BCUT2D eigenvalue weighted by Crippen LogP contribution is -2.09. The van der Waals surface area contributed by atoms with E-state index in [0.29, 0.717) is 5.92 Å². The highest BCUT2D eigenvalue weighted by Gasteiger charge is 2.18. The minimum Gasteiger partial charge on any atom is -0.340 e. The molecule has 0 radical (unpaired) electrons. The number of nitrogens with zero attached hydrogens (tertiary/aromatic N) is 3. The number of fused-ring (bicyclic) bond motifs is 1. The Morgan fingerprint density at radius 1 is 1.08 bits per heavy atom. The molecule has 3 aromatic rings. The van der Waals surface area contributed by atoms with Crippen molar-refractivity contribution in [3.05, 3.63) is 46.9 Å². The summed E-state index contributed by atoms with van der Waals surface area (Å²) in [7, 11) is 0. The standard InChI is InChI=1S/C22H28FN3/c1-7-17(11-23)26-12-15(5)22-20(26)10-14(4)21(25-22)18-8-9-19(13(2)3)24-16(18)6/h8-10,12-13,17H,7,11H2,1-6H3/t17-/m0/s1. The first kappa shape index (κ1) is 18.6. The van der Waals surface area contributed by atoms with Crippen LogP contribution >= 0.6 is 0 Å². The Labute approximate surface area is 155 Å². The molecule has 0 saturated carbocycles. The Kier molecular flexibility index (Phi) is 5.12. The topological polar surface area (TPSA) is 30.7 Å². The maximum absolute atomic E-state index is 13.4. The quantitative estimate of drug-likeness (QED) is 0.557. The summed E-state index contributed by atoms with van der Waals surface area (Å²) in [6.45, 7) is 12.1. The van der Waals surface area contributed by atoms with Crippen LogP contribution in [-0.2, 0) is 0 Å². The minimum atomic E-state index is -0.361. The van der Waals surface area contributed by atoms with Crippen molar-refractivity contribution in [1.29, 1.82) is 0 Å². The van der Waals surface area contributed by atoms with Crippen molar-refractivity contribution in [3.63, 3.8) is 0 Å². The molecule has 0 amide bonds. The van der Waals surface area contributed by atoms with Crippen LogP contribution in [0.1, 0.15) is 61.7 Å². The number of hydrogen-bond donors (Lipinski definition) is 0. The molecule has 3 nitrogen and oxygen atoms in total. The fourth-order valence-electron chi connectivity index (χ4n) is 3.53. The van der Waals surface area contributed by atoms with Crippen LogP contribution in [0.3, 0.4) is 0 Å². The van der Waals surface area contributed by atoms with E-state index in [9.17, 15) is 4.39 Å². The van der Waals surface area contributed by atoms with Crippen LogP contribution in [-0.4, -0.2) is 21.2 Å². The molecule has 3 heterocycles. The van der Waals surface area contributed by atoms with Crippen LogP contribution in [0, 0.1) is 20.8 Å². The molecule has 0 fully saturated rings. The Hall–Kier alpha value is -2.23. The summed E-state index contributed by atoms with van der Waals surface area (Å²) in [5.41, 5.74) is 8.26. The number of pyridine rings is 2. The smallest absolute Gasteiger partial charge is 0.110 e. The van der Waals surface area contributed by atoms with Gasteiger partial charge in [0, 0.05) is 23.1 Å². The van der Waals surface area contributed by atoms with Gasteiger partial charge < -0.3 is 4.57 Å². The highest BCUT2D eigenvalue weighted by Crippen LogP contribution is 2.32. The first-order valence-electron chi connectivity index (χ1n) is 9.40. The van der Waals surface area contributed by atoms with E-state index in [1.54, 1.807) is 0 Å². The molecular formula is C22H28FN3. The first-order chi connectivity index (χ1) is 12.4. The molecule has 0 saturated heterocycles. The maximum atomic E-state index is 13.4. The van der Waals surface area contributed by atoms with Crippen molar-refractivity contribution in [2.24, 2.45) is 0 Å². The first-order valence-corrected chi connectivity index (χ1v) is 9.40. The number of aryl methyl sites for hydroxylation is 3. The molecule has 26 heavy (non-hydrogen) atoms. The van der Waals surface area contributed by atoms with E-state index >= 15 is 0 Å². The van der Waals surface area contributed by atoms with E-state index in [4.69, 9.17) is 9.97 Å². The van der Waals surface area contributed by atoms with Crippen LogP contribution in [0.2, 0.25) is 0 Å². The van der Waals surface area contributed by atoms with Crippen LogP contribution in [0.4, 0.5) is 4.39 Å². The van der Waals surface area contributed by atoms with Gasteiger partial charge in [0.25, 0.3) is 0 Å². The minimum absolute atomic E-state index is 0.132. The van der Waals surface area contributed by atoms with Crippen molar-refractivity contribution >= 4 is 11.0 Å². The van der Waals surface area contributed by atoms with Gasteiger partial charge in [-0.1, -0.05) is 20.8 Å². The number of alkyl halides is 1. The summed E-state index contributed by atoms with van der Waals surface area (Å²) >= 11 is 0. The van der Waals surface area contributed by atoms with Gasteiger partial charge in [-0.15, -0.1) is 0 Å². The fraction of sp³-hybridized carbons (Fsp3) is 0.455. The lowest BCUT2D eigenvalue weighted by Gasteiger charge is -2.16. The van der Waals surface area contributed by atoms with Gasteiger partial charge in [-0.3, -0.25) is 4.98 Å². The third-order valence-electron chi connectivity index (χ3n) is 5.17. The summed E-state index contributed by atoms with van der Waals surface area (Å²) in [4.78, 5) is 9.73. The second-order valence-electron chi connectivity index (χ2n) is 7.48. The Morgan fingerprint density at radius 3 is 2.38 bits per heavy atom. The summed E-state index contributed by atoms with van der Waals surface area (Å²) in [6, 6.07) is 6.22. The van der Waals surface area contributed by atoms with Crippen molar-refractivity contribution in [1.82, 2.24) is 14.5 Å². The average molecular weight is 353 g/mol. The van der Waals surface area contributed by atoms with Gasteiger partial charge in [-0.05, 0) is 62.4 Å². The summed E-state index contributed by atoms with van der Waals surface area (Å²) in [6.07, 6.45) is 2.79. The van der Waals surface area contributed by atoms with Crippen LogP contribution in [0.5, 0.6) is 0 Å². The number of rotatable bonds is 5. The molecule has 0 aliphatic heterocycles. The third-order valence-corrected chi connectivity index (χ3v) is 5.17. The lowest BCUT2D eigenvalue weighted by atomic mass is 10.0. The lowest BCUT2D eigenvalue weighted by molar-refractivity contribution is 0.355. The van der Waals surface area contributed by atoms with E-state index < -0.39 is 0 Å². The summed E-state index contributed by atoms with van der Waals surface area (Å²) in [5, 5.41) is 0. The zero-order valence-corrected chi connectivity index (χ0v) is 16.6. The second kappa shape index (κ2) is 7.18. The van der Waals surface area contributed by atoms with Gasteiger partial charge in [0.15, 0.2) is 0 Å². The van der Waals surface area contributed by atoms with Crippen LogP contribution < -0.4 is 0 Å². The molecular weight excluding hydrogens is 325 g/mol. The second-order valence-corrected chi connectivity index (χ2v) is 7.48. The summed E-state index contributed by atoms with van der Waals surface area (Å²) < 4.78 is 15.5. The molecule has 4 heteroatoms. The number of aromatic nitrogens is 3. The van der Waals surface area contributed by atoms with Gasteiger partial charge in [-0.25, -0.2) is 9.37 Å². The van der Waals surface area contributed by atoms with Crippen LogP contribution in [0.25, 0.3) is 22.3 Å². The Bertz CT molecular complexity index is 936. The Morgan fingerprint density at radius 2 is 1.81 bits per heavy atom. The largest absolute Gasteiger partial charge is 0.340 e. The third kappa shape index (κ3) is 3.13. The zero-order chi connectivity index (χ0) is 19.0.